The van der Waals surface area contributed by atoms with Crippen LogP contribution in [0.25, 0.3) is 0 Å². The molecule has 0 radical (unpaired) electrons. The van der Waals surface area contributed by atoms with Crippen LogP contribution in [0, 0.1) is 12.7 Å². The average molecular weight is 408 g/mol. The topological polar surface area (TPSA) is 79.5 Å². The second-order valence-corrected chi connectivity index (χ2v) is 7.24. The van der Waals surface area contributed by atoms with Gasteiger partial charge in [-0.3, -0.25) is 9.69 Å². The normalized spacial score (nSPS) is 13.9. The number of amides is 2. The molecule has 1 aliphatic rings. The summed E-state index contributed by atoms with van der Waals surface area (Å²) in [6.07, 6.45) is 2.32. The lowest BCUT2D eigenvalue weighted by atomic mass is 10.1. The molecule has 3 heterocycles. The molecule has 4 rings (SSSR count). The largest absolute Gasteiger partial charge is 0.361 e. The van der Waals surface area contributed by atoms with Gasteiger partial charge in [-0.1, -0.05) is 17.3 Å². The summed E-state index contributed by atoms with van der Waals surface area (Å²) in [5, 5.41) is 3.90. The highest BCUT2D eigenvalue weighted by atomic mass is 19.1. The molecule has 2 amide bonds. The number of ketones is 1. The Kier molecular flexibility index (Phi) is 5.56. The molecular weight excluding hydrogens is 387 g/mol. The number of benzene rings is 1. The van der Waals surface area contributed by atoms with E-state index in [9.17, 15) is 14.0 Å². The summed E-state index contributed by atoms with van der Waals surface area (Å²) in [6.45, 7) is 3.20. The van der Waals surface area contributed by atoms with E-state index in [0.717, 1.165) is 11.3 Å². The minimum Gasteiger partial charge on any atom is -0.361 e. The zero-order valence-electron chi connectivity index (χ0n) is 16.5. The van der Waals surface area contributed by atoms with Crippen LogP contribution in [0.3, 0.4) is 0 Å². The maximum atomic E-state index is 13.1. The molecule has 1 aliphatic heterocycles. The Morgan fingerprint density at radius 3 is 2.70 bits per heavy atom. The molecule has 2 aromatic heterocycles. The van der Waals surface area contributed by atoms with Gasteiger partial charge in [0.05, 0.1) is 5.69 Å². The van der Waals surface area contributed by atoms with Crippen LogP contribution in [-0.2, 0) is 13.0 Å². The number of nitrogens with zero attached hydrogens (tertiary/aromatic N) is 4. The van der Waals surface area contributed by atoms with Gasteiger partial charge in [-0.25, -0.2) is 14.2 Å². The van der Waals surface area contributed by atoms with Crippen molar-refractivity contribution < 1.29 is 18.5 Å². The number of urea groups is 1. The van der Waals surface area contributed by atoms with Crippen LogP contribution in [-0.4, -0.2) is 39.9 Å². The van der Waals surface area contributed by atoms with E-state index in [1.54, 1.807) is 47.2 Å². The molecule has 0 unspecified atom stereocenters. The van der Waals surface area contributed by atoms with E-state index < -0.39 is 0 Å². The first kappa shape index (κ1) is 19.8. The number of rotatable bonds is 7. The maximum absolute atomic E-state index is 13.1. The molecule has 1 fully saturated rings. The van der Waals surface area contributed by atoms with Crippen LogP contribution in [0.4, 0.5) is 15.0 Å². The monoisotopic (exact) mass is 408 g/mol. The number of aromatic nitrogens is 2. The fourth-order valence-electron chi connectivity index (χ4n) is 3.41. The Labute approximate surface area is 173 Å². The standard InChI is InChI=1S/C22H21FN4O3/c1-15-12-19(25-30-15)6-7-20(28)17-8-9-24-21(13-17)27-11-10-26(22(27)29)14-16-2-4-18(23)5-3-16/h2-5,8-9,12-13H,6-7,10-11,14H2,1H3. The first-order valence-electron chi connectivity index (χ1n) is 9.72. The number of halogens is 1. The third-order valence-electron chi connectivity index (χ3n) is 5.01. The first-order valence-corrected chi connectivity index (χ1v) is 9.72. The average Bonchev–Trinajstić information content (AvgIpc) is 3.33. The van der Waals surface area contributed by atoms with Crippen molar-refractivity contribution in [2.45, 2.75) is 26.3 Å². The van der Waals surface area contributed by atoms with Crippen molar-refractivity contribution in [1.82, 2.24) is 15.0 Å². The minimum atomic E-state index is -0.308. The number of Topliss-reactive ketones (excluding diaryl/α,β-unsaturated/α-hetero) is 1. The number of aryl methyl sites for hydroxylation is 2. The summed E-state index contributed by atoms with van der Waals surface area (Å²) in [5.74, 6) is 0.803. The molecule has 0 atom stereocenters. The molecule has 30 heavy (non-hydrogen) atoms. The lowest BCUT2D eigenvalue weighted by molar-refractivity contribution is 0.0982. The maximum Gasteiger partial charge on any atom is 0.326 e. The Morgan fingerprint density at radius 2 is 1.97 bits per heavy atom. The van der Waals surface area contributed by atoms with Gasteiger partial charge >= 0.3 is 6.03 Å². The zero-order valence-corrected chi connectivity index (χ0v) is 16.5. The molecule has 0 N–H and O–H groups in total. The molecule has 0 bridgehead atoms. The first-order chi connectivity index (χ1) is 14.5. The van der Waals surface area contributed by atoms with Crippen LogP contribution >= 0.6 is 0 Å². The Hall–Kier alpha value is -3.55. The quantitative estimate of drug-likeness (QED) is 0.556. The second kappa shape index (κ2) is 8.44. The van der Waals surface area contributed by atoms with Crippen molar-refractivity contribution in [1.29, 1.82) is 0 Å². The van der Waals surface area contributed by atoms with E-state index in [1.165, 1.54) is 12.1 Å². The highest BCUT2D eigenvalue weighted by Gasteiger charge is 2.30. The van der Waals surface area contributed by atoms with Crippen LogP contribution in [0.2, 0.25) is 0 Å². The van der Waals surface area contributed by atoms with Crippen LogP contribution < -0.4 is 4.90 Å². The molecule has 3 aromatic rings. The van der Waals surface area contributed by atoms with Crippen molar-refractivity contribution in [3.8, 4) is 0 Å². The third-order valence-corrected chi connectivity index (χ3v) is 5.01. The molecular formula is C22H21FN4O3. The van der Waals surface area contributed by atoms with Gasteiger partial charge < -0.3 is 9.42 Å². The highest BCUT2D eigenvalue weighted by molar-refractivity contribution is 5.98. The smallest absolute Gasteiger partial charge is 0.326 e. The second-order valence-electron chi connectivity index (χ2n) is 7.24. The molecule has 1 saturated heterocycles. The summed E-state index contributed by atoms with van der Waals surface area (Å²) < 4.78 is 18.1. The Balaban J connectivity index is 1.41. The summed E-state index contributed by atoms with van der Waals surface area (Å²) in [6, 6.07) is 11.0. The fourth-order valence-corrected chi connectivity index (χ4v) is 3.41. The molecule has 8 heteroatoms. The van der Waals surface area contributed by atoms with Gasteiger partial charge in [-0.15, -0.1) is 0 Å². The summed E-state index contributed by atoms with van der Waals surface area (Å²) in [5.41, 5.74) is 2.10. The molecule has 0 spiro atoms. The fraction of sp³-hybridized carbons (Fsp3) is 0.273. The van der Waals surface area contributed by atoms with E-state index in [-0.39, 0.29) is 17.6 Å². The Morgan fingerprint density at radius 1 is 1.17 bits per heavy atom. The van der Waals surface area contributed by atoms with Gasteiger partial charge in [-0.05, 0) is 36.8 Å². The Bertz CT molecular complexity index is 1060. The predicted molar refractivity (Wildman–Crippen MR) is 108 cm³/mol. The van der Waals surface area contributed by atoms with Crippen LogP contribution in [0.15, 0.2) is 53.2 Å². The highest BCUT2D eigenvalue weighted by Crippen LogP contribution is 2.21. The van der Waals surface area contributed by atoms with E-state index >= 15 is 0 Å². The van der Waals surface area contributed by atoms with Gasteiger partial charge in [0.15, 0.2) is 5.78 Å². The van der Waals surface area contributed by atoms with E-state index in [1.807, 2.05) is 6.07 Å². The van der Waals surface area contributed by atoms with Crippen molar-refractivity contribution in [3.05, 3.63) is 77.1 Å². The summed E-state index contributed by atoms with van der Waals surface area (Å²) in [7, 11) is 0. The summed E-state index contributed by atoms with van der Waals surface area (Å²) in [4.78, 5) is 32.9. The number of pyridine rings is 1. The molecule has 1 aromatic carbocycles. The SMILES string of the molecule is Cc1cc(CCC(=O)c2ccnc(N3CCN(Cc4ccc(F)cc4)C3=O)c2)no1. The van der Waals surface area contributed by atoms with Gasteiger partial charge in [0.1, 0.15) is 17.4 Å². The van der Waals surface area contributed by atoms with E-state index in [2.05, 4.69) is 10.1 Å². The van der Waals surface area contributed by atoms with Gasteiger partial charge in [0, 0.05) is 50.3 Å². The van der Waals surface area contributed by atoms with Crippen molar-refractivity contribution in [2.75, 3.05) is 18.0 Å². The third kappa shape index (κ3) is 4.37. The van der Waals surface area contributed by atoms with Crippen molar-refractivity contribution >= 4 is 17.6 Å². The van der Waals surface area contributed by atoms with E-state index in [4.69, 9.17) is 4.52 Å². The molecule has 0 aliphatic carbocycles. The van der Waals surface area contributed by atoms with Gasteiger partial charge in [0.2, 0.25) is 0 Å². The number of carbonyl (C=O) groups is 2. The van der Waals surface area contributed by atoms with Crippen LogP contribution in [0.5, 0.6) is 0 Å². The summed E-state index contributed by atoms with van der Waals surface area (Å²) >= 11 is 0. The van der Waals surface area contributed by atoms with Gasteiger partial charge in [0.25, 0.3) is 0 Å². The number of hydrogen-bond acceptors (Lipinski definition) is 5. The van der Waals surface area contributed by atoms with Crippen molar-refractivity contribution in [3.63, 3.8) is 0 Å². The van der Waals surface area contributed by atoms with Crippen molar-refractivity contribution in [2.24, 2.45) is 0 Å². The predicted octanol–water partition coefficient (Wildman–Crippen LogP) is 3.77. The van der Waals surface area contributed by atoms with Gasteiger partial charge in [-0.2, -0.15) is 0 Å². The molecule has 154 valence electrons. The zero-order chi connectivity index (χ0) is 21.1. The van der Waals surface area contributed by atoms with E-state index in [0.29, 0.717) is 49.6 Å². The number of hydrogen-bond donors (Lipinski definition) is 0. The number of anilines is 1. The lowest BCUT2D eigenvalue weighted by Gasteiger charge is -2.18. The van der Waals surface area contributed by atoms with Crippen LogP contribution in [0.1, 0.15) is 33.8 Å². The molecule has 7 nitrogen and oxygen atoms in total. The lowest BCUT2D eigenvalue weighted by Crippen LogP contribution is -2.32. The molecule has 0 saturated carbocycles. The number of carbonyl (C=O) groups excluding carboxylic acids is 2. The minimum absolute atomic E-state index is 0.0471.